The van der Waals surface area contributed by atoms with Crippen LogP contribution >= 0.6 is 0 Å². The zero-order valence-corrected chi connectivity index (χ0v) is 14.1. The van der Waals surface area contributed by atoms with E-state index < -0.39 is 0 Å². The number of hydrogen-bond donors (Lipinski definition) is 0. The first-order valence-corrected chi connectivity index (χ1v) is 8.41. The maximum atomic E-state index is 5.49. The zero-order valence-electron chi connectivity index (χ0n) is 14.1. The number of aromatic nitrogens is 3. The number of benzene rings is 1. The molecule has 0 atom stereocenters. The summed E-state index contributed by atoms with van der Waals surface area (Å²) in [7, 11) is 0. The summed E-state index contributed by atoms with van der Waals surface area (Å²) >= 11 is 0. The van der Waals surface area contributed by atoms with E-state index in [1.165, 1.54) is 5.56 Å². The Labute approximate surface area is 141 Å². The molecule has 0 spiro atoms. The molecule has 3 heterocycles. The Morgan fingerprint density at radius 3 is 2.62 bits per heavy atom. The van der Waals surface area contributed by atoms with E-state index in [4.69, 9.17) is 4.52 Å². The molecule has 1 aliphatic rings. The Morgan fingerprint density at radius 2 is 1.88 bits per heavy atom. The molecule has 0 saturated carbocycles. The van der Waals surface area contributed by atoms with Gasteiger partial charge >= 0.3 is 0 Å². The van der Waals surface area contributed by atoms with Crippen molar-refractivity contribution in [1.29, 1.82) is 0 Å². The molecule has 2 aromatic heterocycles. The Balaban J connectivity index is 1.80. The van der Waals surface area contributed by atoms with Gasteiger partial charge in [-0.15, -0.1) is 0 Å². The van der Waals surface area contributed by atoms with Crippen LogP contribution in [0.2, 0.25) is 0 Å². The summed E-state index contributed by atoms with van der Waals surface area (Å²) in [4.78, 5) is 13.6. The Bertz CT molecular complexity index is 851. The van der Waals surface area contributed by atoms with Gasteiger partial charge in [-0.2, -0.15) is 4.98 Å². The average molecular weight is 323 g/mol. The maximum Gasteiger partial charge on any atom is 0.263 e. The number of fused-ring (bicyclic) bond motifs is 1. The lowest BCUT2D eigenvalue weighted by Gasteiger charge is -2.34. The van der Waals surface area contributed by atoms with Gasteiger partial charge in [0.15, 0.2) is 0 Å². The van der Waals surface area contributed by atoms with E-state index in [1.54, 1.807) is 6.33 Å². The first kappa shape index (κ1) is 15.1. The summed E-state index contributed by atoms with van der Waals surface area (Å²) in [6.07, 6.45) is 1.57. The Morgan fingerprint density at radius 1 is 1.08 bits per heavy atom. The van der Waals surface area contributed by atoms with Crippen LogP contribution in [0, 0.1) is 6.92 Å². The third kappa shape index (κ3) is 2.53. The number of piperazine rings is 1. The van der Waals surface area contributed by atoms with Crippen LogP contribution in [0.3, 0.4) is 0 Å². The second kappa shape index (κ2) is 6.20. The summed E-state index contributed by atoms with van der Waals surface area (Å²) in [6.45, 7) is 9.39. The topological polar surface area (TPSA) is 58.3 Å². The van der Waals surface area contributed by atoms with E-state index in [9.17, 15) is 0 Å². The molecule has 1 aliphatic heterocycles. The van der Waals surface area contributed by atoms with Crippen LogP contribution in [0.1, 0.15) is 12.5 Å². The molecule has 3 aromatic rings. The first-order valence-electron chi connectivity index (χ1n) is 8.41. The van der Waals surface area contributed by atoms with Gasteiger partial charge in [-0.3, -0.25) is 0 Å². The molecule has 6 nitrogen and oxygen atoms in total. The lowest BCUT2D eigenvalue weighted by molar-refractivity contribution is 0.271. The minimum absolute atomic E-state index is 0.552. The molecule has 124 valence electrons. The predicted molar refractivity (Wildman–Crippen MR) is 94.1 cm³/mol. The van der Waals surface area contributed by atoms with Gasteiger partial charge in [0.25, 0.3) is 5.71 Å². The first-order chi connectivity index (χ1) is 11.8. The number of aryl methyl sites for hydroxylation is 1. The third-order valence-corrected chi connectivity index (χ3v) is 4.77. The molecule has 1 aromatic carbocycles. The van der Waals surface area contributed by atoms with Crippen LogP contribution < -0.4 is 4.90 Å². The van der Waals surface area contributed by atoms with Crippen LogP contribution in [0.15, 0.2) is 35.1 Å². The van der Waals surface area contributed by atoms with Crippen molar-refractivity contribution in [3.8, 4) is 11.3 Å². The van der Waals surface area contributed by atoms with E-state index in [1.807, 2.05) is 12.1 Å². The van der Waals surface area contributed by atoms with Crippen LogP contribution in [0.5, 0.6) is 0 Å². The number of anilines is 1. The molecule has 24 heavy (non-hydrogen) atoms. The number of nitrogens with zero attached hydrogens (tertiary/aromatic N) is 5. The normalized spacial score (nSPS) is 16.0. The standard InChI is InChI=1S/C18H21N5O/c1-3-22-8-10-23(11-9-22)17-15-16(14-7-5-4-6-13(14)2)21-24-18(15)20-12-19-17/h4-7,12H,3,8-11H2,1-2H3. The van der Waals surface area contributed by atoms with E-state index in [-0.39, 0.29) is 0 Å². The van der Waals surface area contributed by atoms with E-state index >= 15 is 0 Å². The van der Waals surface area contributed by atoms with E-state index in [0.717, 1.165) is 55.2 Å². The SMILES string of the molecule is CCN1CCN(c2ncnc3onc(-c4ccccc4C)c23)CC1. The predicted octanol–water partition coefficient (Wildman–Crippen LogP) is 2.74. The smallest absolute Gasteiger partial charge is 0.263 e. The fourth-order valence-electron chi connectivity index (χ4n) is 3.31. The molecular weight excluding hydrogens is 302 g/mol. The second-order valence-electron chi connectivity index (χ2n) is 6.14. The molecule has 6 heteroatoms. The van der Waals surface area contributed by atoms with Gasteiger partial charge in [-0.05, 0) is 19.0 Å². The number of likely N-dealkylation sites (N-methyl/N-ethyl adjacent to an activating group) is 1. The molecule has 4 rings (SSSR count). The summed E-state index contributed by atoms with van der Waals surface area (Å²) < 4.78 is 5.49. The van der Waals surface area contributed by atoms with Crippen molar-refractivity contribution < 1.29 is 4.52 Å². The van der Waals surface area contributed by atoms with E-state index in [0.29, 0.717) is 5.71 Å². The van der Waals surface area contributed by atoms with Crippen LogP contribution in [-0.4, -0.2) is 52.7 Å². The largest absolute Gasteiger partial charge is 0.353 e. The maximum absolute atomic E-state index is 5.49. The molecule has 1 saturated heterocycles. The highest BCUT2D eigenvalue weighted by Gasteiger charge is 2.24. The summed E-state index contributed by atoms with van der Waals surface area (Å²) in [5, 5.41) is 5.21. The number of hydrogen-bond acceptors (Lipinski definition) is 6. The summed E-state index contributed by atoms with van der Waals surface area (Å²) in [5.41, 5.74) is 3.62. The highest BCUT2D eigenvalue weighted by molar-refractivity contribution is 5.98. The lowest BCUT2D eigenvalue weighted by Crippen LogP contribution is -2.46. The molecule has 0 bridgehead atoms. The molecule has 0 N–H and O–H groups in total. The fourth-order valence-corrected chi connectivity index (χ4v) is 3.31. The van der Waals surface area contributed by atoms with Gasteiger partial charge in [-0.1, -0.05) is 36.3 Å². The van der Waals surface area contributed by atoms with Gasteiger partial charge in [0.1, 0.15) is 23.2 Å². The van der Waals surface area contributed by atoms with Gasteiger partial charge in [0.2, 0.25) is 0 Å². The third-order valence-electron chi connectivity index (χ3n) is 4.77. The Kier molecular flexibility index (Phi) is 3.90. The summed E-state index contributed by atoms with van der Waals surface area (Å²) in [5.74, 6) is 0.926. The van der Waals surface area contributed by atoms with Crippen molar-refractivity contribution in [3.63, 3.8) is 0 Å². The zero-order chi connectivity index (χ0) is 16.5. The monoisotopic (exact) mass is 323 g/mol. The van der Waals surface area contributed by atoms with Crippen LogP contribution in [0.25, 0.3) is 22.4 Å². The van der Waals surface area contributed by atoms with Crippen molar-refractivity contribution in [2.45, 2.75) is 13.8 Å². The second-order valence-corrected chi connectivity index (χ2v) is 6.14. The fraction of sp³-hybridized carbons (Fsp3) is 0.389. The molecule has 1 fully saturated rings. The van der Waals surface area contributed by atoms with Crippen molar-refractivity contribution >= 4 is 16.9 Å². The molecule has 0 unspecified atom stereocenters. The van der Waals surface area contributed by atoms with Crippen molar-refractivity contribution in [3.05, 3.63) is 36.2 Å². The van der Waals surface area contributed by atoms with Crippen LogP contribution in [-0.2, 0) is 0 Å². The molecule has 0 amide bonds. The minimum Gasteiger partial charge on any atom is -0.353 e. The van der Waals surface area contributed by atoms with Gasteiger partial charge < -0.3 is 14.3 Å². The summed E-state index contributed by atoms with van der Waals surface area (Å²) in [6, 6.07) is 8.20. The number of rotatable bonds is 3. The Hall–Kier alpha value is -2.47. The molecular formula is C18H21N5O. The highest BCUT2D eigenvalue weighted by atomic mass is 16.5. The van der Waals surface area contributed by atoms with Crippen LogP contribution in [0.4, 0.5) is 5.82 Å². The molecule has 0 radical (unpaired) electrons. The average Bonchev–Trinajstić information content (AvgIpc) is 3.06. The van der Waals surface area contributed by atoms with E-state index in [2.05, 4.69) is 50.9 Å². The van der Waals surface area contributed by atoms with Crippen molar-refractivity contribution in [2.75, 3.05) is 37.6 Å². The van der Waals surface area contributed by atoms with Gasteiger partial charge in [0, 0.05) is 31.7 Å². The molecule has 0 aliphatic carbocycles. The quantitative estimate of drug-likeness (QED) is 0.739. The minimum atomic E-state index is 0.552. The van der Waals surface area contributed by atoms with Crippen molar-refractivity contribution in [1.82, 2.24) is 20.0 Å². The van der Waals surface area contributed by atoms with Gasteiger partial charge in [0.05, 0.1) is 0 Å². The highest BCUT2D eigenvalue weighted by Crippen LogP contribution is 2.34. The lowest BCUT2D eigenvalue weighted by atomic mass is 10.0. The van der Waals surface area contributed by atoms with Crippen molar-refractivity contribution in [2.24, 2.45) is 0 Å². The van der Waals surface area contributed by atoms with Gasteiger partial charge in [-0.25, -0.2) is 4.98 Å².